The minimum atomic E-state index is -0.118. The zero-order valence-electron chi connectivity index (χ0n) is 16.3. The number of nitrogens with one attached hydrogen (secondary N) is 1. The van der Waals surface area contributed by atoms with Crippen molar-refractivity contribution in [2.75, 3.05) is 5.75 Å². The summed E-state index contributed by atoms with van der Waals surface area (Å²) in [7, 11) is 0. The van der Waals surface area contributed by atoms with E-state index in [-0.39, 0.29) is 29.2 Å². The number of benzene rings is 1. The van der Waals surface area contributed by atoms with Crippen molar-refractivity contribution >= 4 is 28.7 Å². The largest absolute Gasteiger partial charge is 0.349 e. The van der Waals surface area contributed by atoms with E-state index in [2.05, 4.69) is 15.3 Å². The fourth-order valence-electron chi connectivity index (χ4n) is 2.91. The fraction of sp³-hybridized carbons (Fsp3) is 0.333. The Morgan fingerprint density at radius 3 is 2.61 bits per heavy atom. The van der Waals surface area contributed by atoms with Gasteiger partial charge in [-0.25, -0.2) is 9.97 Å². The van der Waals surface area contributed by atoms with E-state index in [4.69, 9.17) is 0 Å². The SMILES string of the molecule is CC(C)Cn1c(SCC(=O)N[C@H](C)c2ccccc2)nc2ncccc2c1=O. The highest BCUT2D eigenvalue weighted by Crippen LogP contribution is 2.19. The molecule has 0 spiro atoms. The van der Waals surface area contributed by atoms with Crippen molar-refractivity contribution in [1.29, 1.82) is 0 Å². The molecule has 6 nitrogen and oxygen atoms in total. The predicted octanol–water partition coefficient (Wildman–Crippen LogP) is 3.42. The van der Waals surface area contributed by atoms with Crippen LogP contribution in [0.15, 0.2) is 58.6 Å². The lowest BCUT2D eigenvalue weighted by Gasteiger charge is -2.16. The summed E-state index contributed by atoms with van der Waals surface area (Å²) in [6.07, 6.45) is 1.62. The highest BCUT2D eigenvalue weighted by Gasteiger charge is 2.16. The second-order valence-electron chi connectivity index (χ2n) is 7.07. The molecule has 0 aliphatic carbocycles. The van der Waals surface area contributed by atoms with Crippen LogP contribution >= 0.6 is 11.8 Å². The van der Waals surface area contributed by atoms with Gasteiger partial charge in [0.05, 0.1) is 17.2 Å². The Balaban J connectivity index is 1.77. The third-order valence-electron chi connectivity index (χ3n) is 4.25. The van der Waals surface area contributed by atoms with Gasteiger partial charge >= 0.3 is 0 Å². The van der Waals surface area contributed by atoms with Crippen molar-refractivity contribution in [2.24, 2.45) is 5.92 Å². The van der Waals surface area contributed by atoms with Crippen molar-refractivity contribution in [3.63, 3.8) is 0 Å². The Bertz CT molecular complexity index is 1020. The van der Waals surface area contributed by atoms with Crippen molar-refractivity contribution in [1.82, 2.24) is 19.9 Å². The Hall–Kier alpha value is -2.67. The molecule has 0 bridgehead atoms. The summed E-state index contributed by atoms with van der Waals surface area (Å²) >= 11 is 1.26. The number of thioether (sulfide) groups is 1. The smallest absolute Gasteiger partial charge is 0.263 e. The van der Waals surface area contributed by atoms with Gasteiger partial charge in [0, 0.05) is 12.7 Å². The van der Waals surface area contributed by atoms with Crippen LogP contribution in [-0.2, 0) is 11.3 Å². The van der Waals surface area contributed by atoms with Crippen molar-refractivity contribution in [2.45, 2.75) is 38.5 Å². The number of carbonyl (C=O) groups is 1. The van der Waals surface area contributed by atoms with Crippen molar-refractivity contribution in [3.05, 3.63) is 64.6 Å². The summed E-state index contributed by atoms with van der Waals surface area (Å²) in [5.41, 5.74) is 1.34. The van der Waals surface area contributed by atoms with E-state index in [1.165, 1.54) is 11.8 Å². The lowest BCUT2D eigenvalue weighted by molar-refractivity contribution is -0.119. The highest BCUT2D eigenvalue weighted by atomic mass is 32.2. The van der Waals surface area contributed by atoms with Crippen LogP contribution in [0.5, 0.6) is 0 Å². The molecule has 0 fully saturated rings. The van der Waals surface area contributed by atoms with Crippen LogP contribution in [0.25, 0.3) is 11.0 Å². The van der Waals surface area contributed by atoms with Gasteiger partial charge in [-0.3, -0.25) is 14.2 Å². The first kappa shape index (κ1) is 20.1. The molecular formula is C21H24N4O2S. The first-order valence-corrected chi connectivity index (χ1v) is 10.3. The van der Waals surface area contributed by atoms with Gasteiger partial charge in [-0.05, 0) is 30.5 Å². The Kier molecular flexibility index (Phi) is 6.46. The molecule has 0 saturated carbocycles. The van der Waals surface area contributed by atoms with Crippen molar-refractivity contribution in [3.8, 4) is 0 Å². The van der Waals surface area contributed by atoms with Gasteiger partial charge in [-0.2, -0.15) is 0 Å². The third kappa shape index (κ3) is 4.78. The summed E-state index contributed by atoms with van der Waals surface area (Å²) < 4.78 is 1.65. The number of nitrogens with zero attached hydrogens (tertiary/aromatic N) is 3. The van der Waals surface area contributed by atoms with Crippen LogP contribution in [0.1, 0.15) is 32.4 Å². The van der Waals surface area contributed by atoms with Crippen LogP contribution in [-0.4, -0.2) is 26.2 Å². The van der Waals surface area contributed by atoms with Crippen LogP contribution in [0.3, 0.4) is 0 Å². The summed E-state index contributed by atoms with van der Waals surface area (Å²) in [4.78, 5) is 34.0. The van der Waals surface area contributed by atoms with E-state index < -0.39 is 0 Å². The quantitative estimate of drug-likeness (QED) is 0.489. The number of hydrogen-bond donors (Lipinski definition) is 1. The molecule has 7 heteroatoms. The molecule has 1 aromatic carbocycles. The van der Waals surface area contributed by atoms with E-state index in [9.17, 15) is 9.59 Å². The first-order chi connectivity index (χ1) is 13.5. The minimum absolute atomic E-state index is 0.0848. The first-order valence-electron chi connectivity index (χ1n) is 9.28. The molecule has 2 aromatic heterocycles. The minimum Gasteiger partial charge on any atom is -0.349 e. The highest BCUT2D eigenvalue weighted by molar-refractivity contribution is 7.99. The predicted molar refractivity (Wildman–Crippen MR) is 112 cm³/mol. The van der Waals surface area contributed by atoms with Gasteiger partial charge in [-0.1, -0.05) is 55.9 Å². The molecule has 0 saturated heterocycles. The molecule has 0 radical (unpaired) electrons. The maximum Gasteiger partial charge on any atom is 0.263 e. The number of amides is 1. The lowest BCUT2D eigenvalue weighted by Crippen LogP contribution is -2.29. The number of fused-ring (bicyclic) bond motifs is 1. The second kappa shape index (κ2) is 9.01. The number of carbonyl (C=O) groups excluding carboxylic acids is 1. The molecule has 3 aromatic rings. The Morgan fingerprint density at radius 2 is 1.89 bits per heavy atom. The van der Waals surface area contributed by atoms with E-state index in [1.54, 1.807) is 22.9 Å². The molecule has 1 N–H and O–H groups in total. The molecule has 1 atom stereocenters. The average molecular weight is 397 g/mol. The van der Waals surface area contributed by atoms with E-state index in [1.807, 2.05) is 51.1 Å². The van der Waals surface area contributed by atoms with Gasteiger partial charge in [0.1, 0.15) is 0 Å². The molecule has 2 heterocycles. The zero-order chi connectivity index (χ0) is 20.1. The molecule has 0 unspecified atom stereocenters. The molecule has 3 rings (SSSR count). The fourth-order valence-corrected chi connectivity index (χ4v) is 3.72. The van der Waals surface area contributed by atoms with Crippen molar-refractivity contribution < 1.29 is 4.79 Å². The number of hydrogen-bond acceptors (Lipinski definition) is 5. The average Bonchev–Trinajstić information content (AvgIpc) is 2.69. The van der Waals surface area contributed by atoms with Gasteiger partial charge < -0.3 is 5.32 Å². The van der Waals surface area contributed by atoms with Gasteiger partial charge in [0.15, 0.2) is 10.8 Å². The number of aromatic nitrogens is 3. The maximum atomic E-state index is 12.9. The molecular weight excluding hydrogens is 372 g/mol. The summed E-state index contributed by atoms with van der Waals surface area (Å²) in [6.45, 7) is 6.58. The van der Waals surface area contributed by atoms with Crippen LogP contribution in [0.4, 0.5) is 0 Å². The van der Waals surface area contributed by atoms with Gasteiger partial charge in [-0.15, -0.1) is 0 Å². The summed E-state index contributed by atoms with van der Waals surface area (Å²) in [5.74, 6) is 0.354. The van der Waals surface area contributed by atoms with Crippen LogP contribution in [0.2, 0.25) is 0 Å². The Labute approximate surface area is 168 Å². The van der Waals surface area contributed by atoms with E-state index in [0.717, 1.165) is 5.56 Å². The zero-order valence-corrected chi connectivity index (χ0v) is 17.1. The normalized spacial score (nSPS) is 12.3. The monoisotopic (exact) mass is 396 g/mol. The molecule has 0 aliphatic heterocycles. The summed E-state index contributed by atoms with van der Waals surface area (Å²) in [6, 6.07) is 13.2. The van der Waals surface area contributed by atoms with Crippen LogP contribution in [0, 0.1) is 5.92 Å². The molecule has 0 aliphatic rings. The third-order valence-corrected chi connectivity index (χ3v) is 5.23. The van der Waals surface area contributed by atoms with Gasteiger partial charge in [0.2, 0.25) is 5.91 Å². The van der Waals surface area contributed by atoms with Crippen LogP contribution < -0.4 is 10.9 Å². The van der Waals surface area contributed by atoms with Gasteiger partial charge in [0.25, 0.3) is 5.56 Å². The standard InChI is InChI=1S/C21H24N4O2S/c1-14(2)12-25-20(27)17-10-7-11-22-19(17)24-21(25)28-13-18(26)23-15(3)16-8-5-4-6-9-16/h4-11,14-15H,12-13H2,1-3H3,(H,23,26)/t15-/m1/s1. The topological polar surface area (TPSA) is 76.9 Å². The Morgan fingerprint density at radius 1 is 1.14 bits per heavy atom. The molecule has 146 valence electrons. The molecule has 28 heavy (non-hydrogen) atoms. The number of rotatable bonds is 7. The second-order valence-corrected chi connectivity index (χ2v) is 8.01. The lowest BCUT2D eigenvalue weighted by atomic mass is 10.1. The molecule has 1 amide bonds. The number of pyridine rings is 1. The van der Waals surface area contributed by atoms with E-state index in [0.29, 0.717) is 22.7 Å². The van der Waals surface area contributed by atoms with E-state index >= 15 is 0 Å². The maximum absolute atomic E-state index is 12.9. The summed E-state index contributed by atoms with van der Waals surface area (Å²) in [5, 5.41) is 4.00.